The van der Waals surface area contributed by atoms with Crippen LogP contribution in [0, 0.1) is 0 Å². The second kappa shape index (κ2) is 9.49. The van der Waals surface area contributed by atoms with Gasteiger partial charge in [-0.15, -0.1) is 0 Å². The maximum absolute atomic E-state index is 11.6. The van der Waals surface area contributed by atoms with Gasteiger partial charge < -0.3 is 4.74 Å². The summed E-state index contributed by atoms with van der Waals surface area (Å²) in [5.74, 6) is 0.0346. The van der Waals surface area contributed by atoms with E-state index in [1.54, 1.807) is 0 Å². The summed E-state index contributed by atoms with van der Waals surface area (Å²) in [5.41, 5.74) is 0. The van der Waals surface area contributed by atoms with Crippen LogP contribution in [-0.2, 0) is 9.53 Å². The van der Waals surface area contributed by atoms with Crippen LogP contribution >= 0.6 is 0 Å². The highest BCUT2D eigenvalue weighted by atomic mass is 16.5. The molecule has 17 heavy (non-hydrogen) atoms. The van der Waals surface area contributed by atoms with Gasteiger partial charge in [0.25, 0.3) is 0 Å². The molecule has 2 heteroatoms. The van der Waals surface area contributed by atoms with E-state index in [0.29, 0.717) is 6.42 Å². The van der Waals surface area contributed by atoms with Crippen LogP contribution in [0.4, 0.5) is 0 Å². The van der Waals surface area contributed by atoms with E-state index in [2.05, 4.69) is 6.92 Å². The lowest BCUT2D eigenvalue weighted by atomic mass is 9.98. The van der Waals surface area contributed by atoms with Gasteiger partial charge in [-0.2, -0.15) is 0 Å². The SMILES string of the molecule is CCCCCCCCC(=O)OC1CCCCC1. The Labute approximate surface area is 106 Å². The average molecular weight is 240 g/mol. The molecule has 0 bridgehead atoms. The molecule has 2 nitrogen and oxygen atoms in total. The Hall–Kier alpha value is -0.530. The van der Waals surface area contributed by atoms with Crippen LogP contribution in [0.5, 0.6) is 0 Å². The molecule has 0 aromatic heterocycles. The summed E-state index contributed by atoms with van der Waals surface area (Å²) < 4.78 is 5.48. The Kier molecular flexibility index (Phi) is 8.12. The average Bonchev–Trinajstić information content (AvgIpc) is 2.35. The van der Waals surface area contributed by atoms with Gasteiger partial charge in [0, 0.05) is 6.42 Å². The van der Waals surface area contributed by atoms with Gasteiger partial charge in [0.05, 0.1) is 0 Å². The zero-order valence-corrected chi connectivity index (χ0v) is 11.4. The molecule has 0 heterocycles. The fourth-order valence-electron chi connectivity index (χ4n) is 2.48. The van der Waals surface area contributed by atoms with Crippen molar-refractivity contribution in [1.82, 2.24) is 0 Å². The van der Waals surface area contributed by atoms with Crippen molar-refractivity contribution in [3.63, 3.8) is 0 Å². The highest BCUT2D eigenvalue weighted by Crippen LogP contribution is 2.21. The molecule has 0 saturated heterocycles. The van der Waals surface area contributed by atoms with E-state index in [4.69, 9.17) is 4.74 Å². The summed E-state index contributed by atoms with van der Waals surface area (Å²) in [6, 6.07) is 0. The van der Waals surface area contributed by atoms with Gasteiger partial charge in [0.15, 0.2) is 0 Å². The topological polar surface area (TPSA) is 26.3 Å². The molecule has 0 aromatic rings. The zero-order valence-electron chi connectivity index (χ0n) is 11.4. The number of hydrogen-bond acceptors (Lipinski definition) is 2. The summed E-state index contributed by atoms with van der Waals surface area (Å²) in [6.07, 6.45) is 14.2. The van der Waals surface area contributed by atoms with E-state index in [1.165, 1.54) is 51.4 Å². The van der Waals surface area contributed by atoms with Gasteiger partial charge in [0.1, 0.15) is 6.10 Å². The number of rotatable bonds is 8. The lowest BCUT2D eigenvalue weighted by Gasteiger charge is -2.21. The van der Waals surface area contributed by atoms with Crippen molar-refractivity contribution in [2.24, 2.45) is 0 Å². The molecule has 0 aromatic carbocycles. The molecule has 0 spiro atoms. The van der Waals surface area contributed by atoms with Crippen molar-refractivity contribution in [2.75, 3.05) is 0 Å². The minimum atomic E-state index is 0.0346. The van der Waals surface area contributed by atoms with Gasteiger partial charge in [-0.3, -0.25) is 4.79 Å². The van der Waals surface area contributed by atoms with E-state index in [0.717, 1.165) is 19.3 Å². The van der Waals surface area contributed by atoms with E-state index in [1.807, 2.05) is 0 Å². The molecule has 0 amide bonds. The molecule has 0 atom stereocenters. The first-order valence-corrected chi connectivity index (χ1v) is 7.52. The van der Waals surface area contributed by atoms with Crippen molar-refractivity contribution in [2.45, 2.75) is 90.1 Å². The normalized spacial score (nSPS) is 17.0. The lowest BCUT2D eigenvalue weighted by Crippen LogP contribution is -2.20. The molecule has 100 valence electrons. The first-order chi connectivity index (χ1) is 8.33. The van der Waals surface area contributed by atoms with E-state index in [9.17, 15) is 4.79 Å². The van der Waals surface area contributed by atoms with Crippen LogP contribution in [0.15, 0.2) is 0 Å². The Morgan fingerprint density at radius 2 is 1.65 bits per heavy atom. The second-order valence-electron chi connectivity index (χ2n) is 5.27. The molecular weight excluding hydrogens is 212 g/mol. The molecular formula is C15H28O2. The van der Waals surface area contributed by atoms with Gasteiger partial charge in [-0.05, 0) is 32.1 Å². The van der Waals surface area contributed by atoms with Gasteiger partial charge in [0.2, 0.25) is 0 Å². The minimum Gasteiger partial charge on any atom is -0.462 e. The van der Waals surface area contributed by atoms with Crippen LogP contribution in [0.2, 0.25) is 0 Å². The third-order valence-electron chi connectivity index (χ3n) is 3.58. The van der Waals surface area contributed by atoms with E-state index in [-0.39, 0.29) is 12.1 Å². The van der Waals surface area contributed by atoms with Gasteiger partial charge in [-0.1, -0.05) is 45.4 Å². The van der Waals surface area contributed by atoms with Crippen molar-refractivity contribution in [1.29, 1.82) is 0 Å². The first-order valence-electron chi connectivity index (χ1n) is 7.52. The molecule has 1 aliphatic carbocycles. The number of hydrogen-bond donors (Lipinski definition) is 0. The van der Waals surface area contributed by atoms with Gasteiger partial charge in [-0.25, -0.2) is 0 Å². The largest absolute Gasteiger partial charge is 0.462 e. The number of ether oxygens (including phenoxy) is 1. The van der Waals surface area contributed by atoms with Crippen molar-refractivity contribution >= 4 is 5.97 Å². The molecule has 1 rings (SSSR count). The lowest BCUT2D eigenvalue weighted by molar-refractivity contribution is -0.150. The highest BCUT2D eigenvalue weighted by Gasteiger charge is 2.17. The standard InChI is InChI=1S/C15H28O2/c1-2-3-4-5-6-10-13-15(16)17-14-11-8-7-9-12-14/h14H,2-13H2,1H3. The summed E-state index contributed by atoms with van der Waals surface area (Å²) >= 11 is 0. The van der Waals surface area contributed by atoms with E-state index >= 15 is 0 Å². The van der Waals surface area contributed by atoms with Crippen LogP contribution in [0.3, 0.4) is 0 Å². The number of carbonyl (C=O) groups is 1. The first kappa shape index (κ1) is 14.5. The van der Waals surface area contributed by atoms with E-state index < -0.39 is 0 Å². The highest BCUT2D eigenvalue weighted by molar-refractivity contribution is 5.69. The number of unbranched alkanes of at least 4 members (excludes halogenated alkanes) is 5. The molecule has 0 aliphatic heterocycles. The fraction of sp³-hybridized carbons (Fsp3) is 0.933. The summed E-state index contributed by atoms with van der Waals surface area (Å²) in [5, 5.41) is 0. The minimum absolute atomic E-state index is 0.0346. The van der Waals surface area contributed by atoms with Crippen LogP contribution in [0.25, 0.3) is 0 Å². The Morgan fingerprint density at radius 3 is 2.35 bits per heavy atom. The predicted octanol–water partition coefficient (Wildman–Crippen LogP) is 4.61. The summed E-state index contributed by atoms with van der Waals surface area (Å²) in [7, 11) is 0. The fourth-order valence-corrected chi connectivity index (χ4v) is 2.48. The summed E-state index contributed by atoms with van der Waals surface area (Å²) in [4.78, 5) is 11.6. The molecule has 1 fully saturated rings. The number of esters is 1. The smallest absolute Gasteiger partial charge is 0.306 e. The predicted molar refractivity (Wildman–Crippen MR) is 71.0 cm³/mol. The summed E-state index contributed by atoms with van der Waals surface area (Å²) in [6.45, 7) is 2.22. The monoisotopic (exact) mass is 240 g/mol. The second-order valence-corrected chi connectivity index (χ2v) is 5.27. The maximum atomic E-state index is 11.6. The van der Waals surface area contributed by atoms with Crippen molar-refractivity contribution < 1.29 is 9.53 Å². The van der Waals surface area contributed by atoms with Gasteiger partial charge >= 0.3 is 5.97 Å². The molecule has 0 N–H and O–H groups in total. The van der Waals surface area contributed by atoms with Crippen LogP contribution in [-0.4, -0.2) is 12.1 Å². The zero-order chi connectivity index (χ0) is 12.3. The maximum Gasteiger partial charge on any atom is 0.306 e. The van der Waals surface area contributed by atoms with Crippen LogP contribution < -0.4 is 0 Å². The quantitative estimate of drug-likeness (QED) is 0.457. The molecule has 0 radical (unpaired) electrons. The Bertz CT molecular complexity index is 195. The van der Waals surface area contributed by atoms with Crippen molar-refractivity contribution in [3.05, 3.63) is 0 Å². The van der Waals surface area contributed by atoms with Crippen LogP contribution in [0.1, 0.15) is 84.0 Å². The third-order valence-corrected chi connectivity index (χ3v) is 3.58. The Balaban J connectivity index is 1.93. The number of carbonyl (C=O) groups excluding carboxylic acids is 1. The molecule has 1 aliphatic rings. The van der Waals surface area contributed by atoms with Crippen molar-refractivity contribution in [3.8, 4) is 0 Å². The Morgan fingerprint density at radius 1 is 1.00 bits per heavy atom. The molecule has 0 unspecified atom stereocenters. The molecule has 1 saturated carbocycles. The third kappa shape index (κ3) is 7.40.